The fourth-order valence-corrected chi connectivity index (χ4v) is 3.62. The van der Waals surface area contributed by atoms with E-state index in [9.17, 15) is 4.79 Å². The van der Waals surface area contributed by atoms with Gasteiger partial charge in [-0.05, 0) is 64.5 Å². The van der Waals surface area contributed by atoms with Crippen LogP contribution in [0.5, 0.6) is 0 Å². The van der Waals surface area contributed by atoms with Gasteiger partial charge in [0.1, 0.15) is 5.82 Å². The van der Waals surface area contributed by atoms with Crippen molar-refractivity contribution in [3.63, 3.8) is 0 Å². The first-order valence-electron chi connectivity index (χ1n) is 10.2. The second kappa shape index (κ2) is 9.65. The second-order valence-electron chi connectivity index (χ2n) is 8.00. The van der Waals surface area contributed by atoms with Crippen LogP contribution >= 0.6 is 0 Å². The van der Waals surface area contributed by atoms with Crippen molar-refractivity contribution in [2.24, 2.45) is 0 Å². The van der Waals surface area contributed by atoms with E-state index in [0.29, 0.717) is 6.54 Å². The molecular formula is C23H31N5O. The molecule has 1 saturated heterocycles. The third kappa shape index (κ3) is 5.87. The molecule has 0 radical (unpaired) electrons. The molecule has 0 spiro atoms. The van der Waals surface area contributed by atoms with Gasteiger partial charge in [-0.1, -0.05) is 12.1 Å². The molecule has 6 heteroatoms. The van der Waals surface area contributed by atoms with Gasteiger partial charge in [-0.3, -0.25) is 9.78 Å². The quantitative estimate of drug-likeness (QED) is 0.759. The molecule has 1 fully saturated rings. The van der Waals surface area contributed by atoms with Gasteiger partial charge in [0.15, 0.2) is 0 Å². The number of hydrogen-bond donors (Lipinski definition) is 1. The number of nitrogens with one attached hydrogen (secondary N) is 1. The average molecular weight is 394 g/mol. The molecular weight excluding hydrogens is 362 g/mol. The van der Waals surface area contributed by atoms with Crippen molar-refractivity contribution in [2.45, 2.75) is 32.6 Å². The molecule has 0 aliphatic carbocycles. The van der Waals surface area contributed by atoms with Crippen LogP contribution in [0.2, 0.25) is 0 Å². The number of rotatable bonds is 6. The Balaban J connectivity index is 1.72. The van der Waals surface area contributed by atoms with E-state index < -0.39 is 0 Å². The van der Waals surface area contributed by atoms with Crippen LogP contribution in [-0.4, -0.2) is 59.4 Å². The summed E-state index contributed by atoms with van der Waals surface area (Å²) in [4.78, 5) is 25.7. The van der Waals surface area contributed by atoms with Gasteiger partial charge in [0.05, 0.1) is 0 Å². The first-order chi connectivity index (χ1) is 13.9. The maximum Gasteiger partial charge on any atom is 0.246 e. The molecule has 29 heavy (non-hydrogen) atoms. The number of hydrogen-bond acceptors (Lipinski definition) is 5. The molecule has 0 saturated carbocycles. The van der Waals surface area contributed by atoms with Gasteiger partial charge in [0, 0.05) is 54.9 Å². The minimum Gasteiger partial charge on any atom is -0.340 e. The Morgan fingerprint density at radius 3 is 2.93 bits per heavy atom. The smallest absolute Gasteiger partial charge is 0.246 e. The fourth-order valence-electron chi connectivity index (χ4n) is 3.62. The Bertz CT molecular complexity index is 877. The van der Waals surface area contributed by atoms with Crippen LogP contribution in [0.1, 0.15) is 35.7 Å². The van der Waals surface area contributed by atoms with Crippen molar-refractivity contribution in [2.75, 3.05) is 39.0 Å². The molecule has 1 atom stereocenters. The van der Waals surface area contributed by atoms with E-state index in [1.54, 1.807) is 12.3 Å². The van der Waals surface area contributed by atoms with Gasteiger partial charge in [0.25, 0.3) is 0 Å². The molecule has 6 nitrogen and oxygen atoms in total. The van der Waals surface area contributed by atoms with Crippen molar-refractivity contribution in [1.29, 1.82) is 0 Å². The molecule has 3 rings (SSSR count). The normalized spacial score (nSPS) is 17.1. The molecule has 2 aromatic heterocycles. The molecule has 0 aromatic carbocycles. The highest BCUT2D eigenvalue weighted by atomic mass is 16.2. The van der Waals surface area contributed by atoms with Gasteiger partial charge < -0.3 is 15.1 Å². The number of aryl methyl sites for hydroxylation is 2. The van der Waals surface area contributed by atoms with Gasteiger partial charge in [-0.15, -0.1) is 0 Å². The number of aromatic nitrogens is 2. The minimum absolute atomic E-state index is 0.0895. The van der Waals surface area contributed by atoms with E-state index in [1.165, 1.54) is 0 Å². The highest BCUT2D eigenvalue weighted by Gasteiger charge is 2.25. The lowest BCUT2D eigenvalue weighted by Gasteiger charge is -2.32. The van der Waals surface area contributed by atoms with Crippen molar-refractivity contribution in [3.8, 4) is 0 Å². The monoisotopic (exact) mass is 393 g/mol. The van der Waals surface area contributed by atoms with Crippen LogP contribution in [0.4, 0.5) is 11.5 Å². The highest BCUT2D eigenvalue weighted by molar-refractivity contribution is 5.87. The maximum atomic E-state index is 12.5. The first-order valence-corrected chi connectivity index (χ1v) is 10.2. The van der Waals surface area contributed by atoms with Crippen LogP contribution in [0, 0.1) is 13.8 Å². The summed E-state index contributed by atoms with van der Waals surface area (Å²) in [6.07, 6.45) is 7.45. The second-order valence-corrected chi connectivity index (χ2v) is 8.00. The number of likely N-dealkylation sites (N-methyl/N-ethyl adjacent to an activating group) is 1. The number of anilines is 2. The number of pyridine rings is 2. The Hall–Kier alpha value is -2.73. The number of likely N-dealkylation sites (tertiary alicyclic amines) is 1. The standard InChI is InChI=1S/C23H31N5O/c1-17-8-5-11-24-23(17)26-20-14-18(2)25-21(15-20)19-9-6-13-28(16-19)22(29)10-7-12-27(3)4/h5,7-8,10-11,14-15,19H,6,9,12-13,16H2,1-4H3,(H,24,25,26)/b10-7+. The Kier molecular flexibility index (Phi) is 6.99. The van der Waals surface area contributed by atoms with Crippen LogP contribution < -0.4 is 5.32 Å². The third-order valence-electron chi connectivity index (χ3n) is 5.13. The summed E-state index contributed by atoms with van der Waals surface area (Å²) < 4.78 is 0. The van der Waals surface area contributed by atoms with E-state index in [1.807, 2.05) is 62.0 Å². The molecule has 3 heterocycles. The third-order valence-corrected chi connectivity index (χ3v) is 5.13. The van der Waals surface area contributed by atoms with Crippen LogP contribution in [0.25, 0.3) is 0 Å². The zero-order valence-corrected chi connectivity index (χ0v) is 17.9. The molecule has 154 valence electrons. The van der Waals surface area contributed by atoms with Crippen molar-refractivity contribution >= 4 is 17.4 Å². The van der Waals surface area contributed by atoms with E-state index >= 15 is 0 Å². The summed E-state index contributed by atoms with van der Waals surface area (Å²) in [6, 6.07) is 8.11. The Labute approximate surface area is 173 Å². The predicted octanol–water partition coefficient (Wildman–Crippen LogP) is 3.66. The van der Waals surface area contributed by atoms with Gasteiger partial charge in [0.2, 0.25) is 5.91 Å². The lowest BCUT2D eigenvalue weighted by molar-refractivity contribution is -0.127. The van der Waals surface area contributed by atoms with Gasteiger partial charge in [-0.25, -0.2) is 4.98 Å². The number of nitrogens with zero attached hydrogens (tertiary/aromatic N) is 4. The fraction of sp³-hybridized carbons (Fsp3) is 0.435. The molecule has 1 aliphatic rings. The average Bonchev–Trinajstić information content (AvgIpc) is 2.69. The zero-order chi connectivity index (χ0) is 20.8. The maximum absolute atomic E-state index is 12.5. The van der Waals surface area contributed by atoms with Crippen LogP contribution in [0.15, 0.2) is 42.6 Å². The summed E-state index contributed by atoms with van der Waals surface area (Å²) in [7, 11) is 3.99. The Morgan fingerprint density at radius 1 is 1.34 bits per heavy atom. The van der Waals surface area contributed by atoms with Crippen molar-refractivity contribution < 1.29 is 4.79 Å². The lowest BCUT2D eigenvalue weighted by atomic mass is 9.93. The number of piperidine rings is 1. The predicted molar refractivity (Wildman–Crippen MR) is 117 cm³/mol. The van der Waals surface area contributed by atoms with Crippen LogP contribution in [-0.2, 0) is 4.79 Å². The summed E-state index contributed by atoms with van der Waals surface area (Å²) in [5, 5.41) is 3.42. The van der Waals surface area contributed by atoms with E-state index in [2.05, 4.69) is 16.4 Å². The number of carbonyl (C=O) groups is 1. The molecule has 1 unspecified atom stereocenters. The summed E-state index contributed by atoms with van der Waals surface area (Å²) in [5.41, 5.74) is 4.09. The van der Waals surface area contributed by atoms with Gasteiger partial charge >= 0.3 is 0 Å². The van der Waals surface area contributed by atoms with E-state index in [-0.39, 0.29) is 11.8 Å². The largest absolute Gasteiger partial charge is 0.340 e. The molecule has 0 bridgehead atoms. The Morgan fingerprint density at radius 2 is 2.17 bits per heavy atom. The lowest BCUT2D eigenvalue weighted by Crippen LogP contribution is -2.38. The minimum atomic E-state index is 0.0895. The molecule has 1 N–H and O–H groups in total. The van der Waals surface area contributed by atoms with Gasteiger partial charge in [-0.2, -0.15) is 0 Å². The molecule has 1 aliphatic heterocycles. The topological polar surface area (TPSA) is 61.4 Å². The van der Waals surface area contributed by atoms with E-state index in [0.717, 1.165) is 54.4 Å². The first kappa shape index (κ1) is 21.0. The molecule has 1 amide bonds. The van der Waals surface area contributed by atoms with Crippen molar-refractivity contribution in [1.82, 2.24) is 19.8 Å². The van der Waals surface area contributed by atoms with E-state index in [4.69, 9.17) is 4.98 Å². The summed E-state index contributed by atoms with van der Waals surface area (Å²) in [5.74, 6) is 1.20. The SMILES string of the molecule is Cc1cc(Nc2ncccc2C)cc(C2CCCN(C(=O)/C=C/CN(C)C)C2)n1. The van der Waals surface area contributed by atoms with Crippen molar-refractivity contribution in [3.05, 3.63) is 59.6 Å². The summed E-state index contributed by atoms with van der Waals surface area (Å²) in [6.45, 7) is 6.34. The summed E-state index contributed by atoms with van der Waals surface area (Å²) >= 11 is 0. The number of amides is 1. The molecule has 2 aromatic rings. The number of carbonyl (C=O) groups excluding carboxylic acids is 1. The zero-order valence-electron chi connectivity index (χ0n) is 17.9. The van der Waals surface area contributed by atoms with Crippen LogP contribution in [0.3, 0.4) is 0 Å². The highest BCUT2D eigenvalue weighted by Crippen LogP contribution is 2.29.